The Bertz CT molecular complexity index is 1290. The van der Waals surface area contributed by atoms with Crippen molar-refractivity contribution in [2.45, 2.75) is 62.5 Å². The number of nitrogens with zero attached hydrogens (tertiary/aromatic N) is 1. The maximum atomic E-state index is 13.5. The molecule has 2 aromatic carbocycles. The van der Waals surface area contributed by atoms with Crippen LogP contribution in [0.4, 0.5) is 18.9 Å². The minimum Gasteiger partial charge on any atom is -0.486 e. The molecule has 1 heterocycles. The second-order valence-corrected chi connectivity index (χ2v) is 11.3. The van der Waals surface area contributed by atoms with Crippen LogP contribution in [0, 0.1) is 0 Å². The Kier molecular flexibility index (Phi) is 7.80. The highest BCUT2D eigenvalue weighted by Gasteiger charge is 2.38. The van der Waals surface area contributed by atoms with Crippen molar-refractivity contribution in [2.24, 2.45) is 0 Å². The lowest BCUT2D eigenvalue weighted by atomic mass is 10.1. The van der Waals surface area contributed by atoms with Gasteiger partial charge in [-0.1, -0.05) is 12.1 Å². The van der Waals surface area contributed by atoms with Crippen LogP contribution in [0.2, 0.25) is 0 Å². The van der Waals surface area contributed by atoms with Crippen LogP contribution >= 0.6 is 0 Å². The predicted molar refractivity (Wildman–Crippen MR) is 125 cm³/mol. The molecule has 202 valence electrons. The summed E-state index contributed by atoms with van der Waals surface area (Å²) in [6.07, 6.45) is -8.48. The first-order valence-corrected chi connectivity index (χ1v) is 12.5. The van der Waals surface area contributed by atoms with E-state index in [2.05, 4.69) is 0 Å². The molecule has 2 aromatic rings. The highest BCUT2D eigenvalue weighted by molar-refractivity contribution is 7.92. The number of aliphatic hydroxyl groups excluding tert-OH is 1. The third-order valence-corrected chi connectivity index (χ3v) is 7.02. The number of carbonyl (C=O) groups excluding carboxylic acids is 1. The third kappa shape index (κ3) is 6.92. The Morgan fingerprint density at radius 2 is 1.84 bits per heavy atom. The van der Waals surface area contributed by atoms with E-state index in [1.807, 2.05) is 0 Å². The Hall–Kier alpha value is -3.32. The number of hydrogen-bond acceptors (Lipinski definition) is 7. The lowest BCUT2D eigenvalue weighted by Crippen LogP contribution is -2.45. The molecule has 0 bridgehead atoms. The normalized spacial score (nSPS) is 16.9. The summed E-state index contributed by atoms with van der Waals surface area (Å²) in [6.45, 7) is 4.55. The van der Waals surface area contributed by atoms with Crippen molar-refractivity contribution in [1.29, 1.82) is 0 Å². The van der Waals surface area contributed by atoms with Crippen LogP contribution in [0.15, 0.2) is 47.4 Å². The smallest absolute Gasteiger partial charge is 0.416 e. The van der Waals surface area contributed by atoms with E-state index < -0.39 is 69.4 Å². The first-order valence-electron chi connectivity index (χ1n) is 11.1. The maximum Gasteiger partial charge on any atom is 0.416 e. The minimum absolute atomic E-state index is 0.0164. The number of hydrogen-bond donors (Lipinski definition) is 2. The molecule has 3 rings (SSSR count). The molecule has 0 aromatic heterocycles. The molecule has 0 amide bonds. The molecule has 2 atom stereocenters. The molecule has 0 saturated carbocycles. The van der Waals surface area contributed by atoms with Crippen LogP contribution in [0.25, 0.3) is 0 Å². The molecule has 1 aliphatic heterocycles. The first-order chi connectivity index (χ1) is 17.0. The lowest BCUT2D eigenvalue weighted by Gasteiger charge is -2.36. The van der Waals surface area contributed by atoms with Gasteiger partial charge >= 0.3 is 18.1 Å². The molecule has 1 unspecified atom stereocenters. The summed E-state index contributed by atoms with van der Waals surface area (Å²) < 4.78 is 78.6. The van der Waals surface area contributed by atoms with E-state index in [4.69, 9.17) is 14.6 Å². The van der Waals surface area contributed by atoms with Crippen LogP contribution in [0.5, 0.6) is 5.75 Å². The molecule has 0 fully saturated rings. The number of esters is 1. The van der Waals surface area contributed by atoms with E-state index in [0.29, 0.717) is 11.6 Å². The Labute approximate surface area is 211 Å². The van der Waals surface area contributed by atoms with E-state index in [9.17, 15) is 36.3 Å². The van der Waals surface area contributed by atoms with Crippen LogP contribution in [0.1, 0.15) is 38.3 Å². The molecule has 0 radical (unpaired) electrons. The number of halogens is 3. The average Bonchev–Trinajstić information content (AvgIpc) is 2.76. The van der Waals surface area contributed by atoms with E-state index in [1.165, 1.54) is 18.2 Å². The van der Waals surface area contributed by atoms with Crippen LogP contribution < -0.4 is 9.04 Å². The molecule has 0 saturated heterocycles. The average molecular weight is 546 g/mol. The number of carboxylic acids is 1. The van der Waals surface area contributed by atoms with Gasteiger partial charge in [-0.2, -0.15) is 13.2 Å². The van der Waals surface area contributed by atoms with Gasteiger partial charge < -0.3 is 19.7 Å². The van der Waals surface area contributed by atoms with Gasteiger partial charge in [0.2, 0.25) is 0 Å². The van der Waals surface area contributed by atoms with Crippen LogP contribution in [0.3, 0.4) is 0 Å². The summed E-state index contributed by atoms with van der Waals surface area (Å²) in [5.41, 5.74) is -1.63. The Morgan fingerprint density at radius 3 is 2.43 bits per heavy atom. The van der Waals surface area contributed by atoms with Gasteiger partial charge in [-0.25, -0.2) is 13.2 Å². The molecule has 2 N–H and O–H groups in total. The highest BCUT2D eigenvalue weighted by atomic mass is 32.2. The fourth-order valence-corrected chi connectivity index (χ4v) is 5.22. The monoisotopic (exact) mass is 545 g/mol. The van der Waals surface area contributed by atoms with Crippen molar-refractivity contribution in [3.05, 3.63) is 53.6 Å². The number of carboxylic acid groups (broad SMARTS) is 1. The largest absolute Gasteiger partial charge is 0.486 e. The van der Waals surface area contributed by atoms with Crippen molar-refractivity contribution in [3.8, 4) is 5.75 Å². The minimum atomic E-state index is -4.79. The fraction of sp³-hybridized carbons (Fsp3) is 0.417. The summed E-state index contributed by atoms with van der Waals surface area (Å²) >= 11 is 0. The second kappa shape index (κ2) is 10.2. The lowest BCUT2D eigenvalue weighted by molar-refractivity contribution is -0.154. The second-order valence-electron chi connectivity index (χ2n) is 9.46. The van der Waals surface area contributed by atoms with Gasteiger partial charge in [0.15, 0.2) is 6.10 Å². The molecule has 0 spiro atoms. The van der Waals surface area contributed by atoms with Crippen molar-refractivity contribution in [3.63, 3.8) is 0 Å². The Balaban J connectivity index is 2.05. The number of aliphatic hydroxyl groups is 1. The van der Waals surface area contributed by atoms with E-state index in [-0.39, 0.29) is 17.9 Å². The van der Waals surface area contributed by atoms with Gasteiger partial charge in [-0.3, -0.25) is 9.10 Å². The van der Waals surface area contributed by atoms with Crippen molar-refractivity contribution >= 4 is 27.6 Å². The summed E-state index contributed by atoms with van der Waals surface area (Å²) in [5.74, 6) is -2.15. The number of anilines is 1. The first kappa shape index (κ1) is 28.3. The SMILES string of the molecule is CC(C)(C)OC(=O)Cc1ccc2c(c1)N(S(=O)(=O)c1cccc(C(F)(F)F)c1)C[C@H](CC(O)C(=O)O)O2. The van der Waals surface area contributed by atoms with Gasteiger partial charge in [0.1, 0.15) is 17.5 Å². The summed E-state index contributed by atoms with van der Waals surface area (Å²) in [7, 11) is -4.61. The number of rotatable bonds is 7. The topological polar surface area (TPSA) is 130 Å². The van der Waals surface area contributed by atoms with Crippen molar-refractivity contribution in [2.75, 3.05) is 10.8 Å². The van der Waals surface area contributed by atoms with Gasteiger partial charge in [-0.05, 0) is 56.7 Å². The molecule has 9 nitrogen and oxygen atoms in total. The fourth-order valence-electron chi connectivity index (χ4n) is 3.67. The number of alkyl halides is 3. The van der Waals surface area contributed by atoms with Crippen molar-refractivity contribution in [1.82, 2.24) is 0 Å². The van der Waals surface area contributed by atoms with Gasteiger partial charge in [-0.15, -0.1) is 0 Å². The third-order valence-electron chi connectivity index (χ3n) is 5.24. The van der Waals surface area contributed by atoms with Crippen LogP contribution in [-0.2, 0) is 36.9 Å². The zero-order chi connectivity index (χ0) is 27.8. The number of ether oxygens (including phenoxy) is 2. The summed E-state index contributed by atoms with van der Waals surface area (Å²) in [6, 6.07) is 7.38. The zero-order valence-electron chi connectivity index (χ0n) is 20.2. The summed E-state index contributed by atoms with van der Waals surface area (Å²) in [4.78, 5) is 22.8. The molecule has 13 heteroatoms. The summed E-state index contributed by atoms with van der Waals surface area (Å²) in [5, 5.41) is 18.8. The molecule has 37 heavy (non-hydrogen) atoms. The highest BCUT2D eigenvalue weighted by Crippen LogP contribution is 2.39. The standard InChI is InChI=1S/C24H26F3NO8S/c1-23(2,3)36-21(30)10-14-7-8-20-18(9-14)28(13-16(35-20)12-19(29)22(31)32)37(33,34)17-6-4-5-15(11-17)24(25,26)27/h4-9,11,16,19,29H,10,12-13H2,1-3H3,(H,31,32)/t16-,19?/m0/s1. The van der Waals surface area contributed by atoms with E-state index >= 15 is 0 Å². The van der Waals surface area contributed by atoms with E-state index in [0.717, 1.165) is 22.5 Å². The number of aliphatic carboxylic acids is 1. The van der Waals surface area contributed by atoms with Crippen molar-refractivity contribution < 1.29 is 50.9 Å². The zero-order valence-corrected chi connectivity index (χ0v) is 21.0. The molecule has 0 aliphatic carbocycles. The van der Waals surface area contributed by atoms with Gasteiger partial charge in [0.25, 0.3) is 10.0 Å². The van der Waals surface area contributed by atoms with Gasteiger partial charge in [0.05, 0.1) is 29.1 Å². The molecular weight excluding hydrogens is 519 g/mol. The number of benzene rings is 2. The Morgan fingerprint density at radius 1 is 1.16 bits per heavy atom. The predicted octanol–water partition coefficient (Wildman–Crippen LogP) is 3.38. The quantitative estimate of drug-likeness (QED) is 0.507. The maximum absolute atomic E-state index is 13.5. The van der Waals surface area contributed by atoms with Crippen LogP contribution in [-0.4, -0.2) is 54.9 Å². The number of sulfonamides is 1. The molecular formula is C24H26F3NO8S. The number of fused-ring (bicyclic) bond motifs is 1. The number of carbonyl (C=O) groups is 2. The van der Waals surface area contributed by atoms with Gasteiger partial charge in [0, 0.05) is 6.42 Å². The van der Waals surface area contributed by atoms with E-state index in [1.54, 1.807) is 20.8 Å². The molecule has 1 aliphatic rings.